The smallest absolute Gasteiger partial charge is 0.176 e. The zero-order chi connectivity index (χ0) is 17.8. The van der Waals surface area contributed by atoms with E-state index in [0.717, 1.165) is 52.4 Å². The lowest BCUT2D eigenvalue weighted by molar-refractivity contribution is 0.410. The molecule has 0 aliphatic carbocycles. The van der Waals surface area contributed by atoms with Gasteiger partial charge in [-0.1, -0.05) is 12.1 Å². The van der Waals surface area contributed by atoms with Crippen molar-refractivity contribution in [2.45, 2.75) is 13.1 Å². The Morgan fingerprint density at radius 2 is 1.92 bits per heavy atom. The Bertz CT molecular complexity index is 998. The molecule has 0 amide bonds. The zero-order valence-corrected chi connectivity index (χ0v) is 14.5. The van der Waals surface area contributed by atoms with E-state index in [1.165, 1.54) is 0 Å². The first-order chi connectivity index (χ1) is 12.8. The number of benzene rings is 1. The van der Waals surface area contributed by atoms with Crippen molar-refractivity contribution in [3.05, 3.63) is 78.2 Å². The molecule has 3 heterocycles. The summed E-state index contributed by atoms with van der Waals surface area (Å²) in [7, 11) is 1.66. The predicted octanol–water partition coefficient (Wildman–Crippen LogP) is 4.19. The molecule has 0 spiro atoms. The molecular weight excluding hydrogens is 326 g/mol. The molecule has 1 N–H and O–H groups in total. The lowest BCUT2D eigenvalue weighted by atomic mass is 10.1. The maximum atomic E-state index is 5.99. The highest BCUT2D eigenvalue weighted by molar-refractivity contribution is 5.87. The molecule has 5 nitrogen and oxygen atoms in total. The van der Waals surface area contributed by atoms with Crippen molar-refractivity contribution in [2.75, 3.05) is 7.11 Å². The van der Waals surface area contributed by atoms with Crippen LogP contribution < -0.4 is 10.1 Å². The van der Waals surface area contributed by atoms with E-state index in [2.05, 4.69) is 27.4 Å². The van der Waals surface area contributed by atoms with E-state index in [9.17, 15) is 0 Å². The molecule has 0 saturated carbocycles. The van der Waals surface area contributed by atoms with Crippen molar-refractivity contribution in [3.63, 3.8) is 0 Å². The summed E-state index contributed by atoms with van der Waals surface area (Å²) in [5, 5.41) is 4.44. The molecule has 4 rings (SSSR count). The van der Waals surface area contributed by atoms with E-state index in [1.807, 2.05) is 42.6 Å². The molecule has 0 bridgehead atoms. The van der Waals surface area contributed by atoms with Gasteiger partial charge in [-0.2, -0.15) is 0 Å². The van der Waals surface area contributed by atoms with Crippen LogP contribution in [0.4, 0.5) is 0 Å². The van der Waals surface area contributed by atoms with Crippen LogP contribution >= 0.6 is 0 Å². The second-order valence-electron chi connectivity index (χ2n) is 6.01. The molecule has 0 unspecified atom stereocenters. The quantitative estimate of drug-likeness (QED) is 0.568. The first-order valence-corrected chi connectivity index (χ1v) is 8.45. The third-order valence-corrected chi connectivity index (χ3v) is 4.16. The largest absolute Gasteiger partial charge is 0.493 e. The third-order valence-electron chi connectivity index (χ3n) is 4.16. The number of rotatable bonds is 6. The number of methoxy groups -OCH3 is 1. The van der Waals surface area contributed by atoms with Crippen LogP contribution in [-0.2, 0) is 13.1 Å². The molecule has 0 atom stereocenters. The molecule has 0 saturated heterocycles. The molecule has 0 aliphatic heterocycles. The molecule has 0 aliphatic rings. The summed E-state index contributed by atoms with van der Waals surface area (Å²) in [6.07, 6.45) is 5.40. The molecule has 26 heavy (non-hydrogen) atoms. The molecule has 5 heteroatoms. The van der Waals surface area contributed by atoms with Gasteiger partial charge >= 0.3 is 0 Å². The van der Waals surface area contributed by atoms with Gasteiger partial charge in [0.05, 0.1) is 7.11 Å². The first-order valence-electron chi connectivity index (χ1n) is 8.45. The van der Waals surface area contributed by atoms with Crippen molar-refractivity contribution in [1.82, 2.24) is 15.3 Å². The number of hydrogen-bond donors (Lipinski definition) is 1. The van der Waals surface area contributed by atoms with E-state index >= 15 is 0 Å². The maximum Gasteiger partial charge on any atom is 0.176 e. The van der Waals surface area contributed by atoms with Crippen LogP contribution in [0.15, 0.2) is 71.5 Å². The van der Waals surface area contributed by atoms with Gasteiger partial charge in [0.1, 0.15) is 5.69 Å². The van der Waals surface area contributed by atoms with Gasteiger partial charge in [-0.3, -0.25) is 9.97 Å². The number of aromatic nitrogens is 2. The predicted molar refractivity (Wildman–Crippen MR) is 101 cm³/mol. The molecule has 1 aromatic carbocycles. The fraction of sp³-hybridized carbons (Fsp3) is 0.143. The van der Waals surface area contributed by atoms with Crippen molar-refractivity contribution in [1.29, 1.82) is 0 Å². The monoisotopic (exact) mass is 345 g/mol. The minimum Gasteiger partial charge on any atom is -0.493 e. The minimum absolute atomic E-state index is 0.725. The van der Waals surface area contributed by atoms with Crippen molar-refractivity contribution in [3.8, 4) is 17.2 Å². The molecule has 0 fully saturated rings. The number of pyridine rings is 2. The van der Waals surface area contributed by atoms with Crippen molar-refractivity contribution in [2.24, 2.45) is 0 Å². The first kappa shape index (κ1) is 16.3. The van der Waals surface area contributed by atoms with Gasteiger partial charge in [0.2, 0.25) is 0 Å². The van der Waals surface area contributed by atoms with E-state index < -0.39 is 0 Å². The van der Waals surface area contributed by atoms with Crippen LogP contribution in [0.25, 0.3) is 22.4 Å². The summed E-state index contributed by atoms with van der Waals surface area (Å²) in [5.74, 6) is 1.46. The third kappa shape index (κ3) is 3.43. The second kappa shape index (κ2) is 7.37. The highest BCUT2D eigenvalue weighted by atomic mass is 16.5. The van der Waals surface area contributed by atoms with E-state index in [0.29, 0.717) is 0 Å². The summed E-state index contributed by atoms with van der Waals surface area (Å²) in [6, 6.07) is 15.9. The zero-order valence-electron chi connectivity index (χ0n) is 14.5. The fourth-order valence-corrected chi connectivity index (χ4v) is 2.92. The Hall–Kier alpha value is -3.18. The fourth-order valence-electron chi connectivity index (χ4n) is 2.92. The van der Waals surface area contributed by atoms with Gasteiger partial charge in [0.25, 0.3) is 0 Å². The van der Waals surface area contributed by atoms with Crippen LogP contribution in [-0.4, -0.2) is 17.1 Å². The van der Waals surface area contributed by atoms with Gasteiger partial charge in [0.15, 0.2) is 17.1 Å². The maximum absolute atomic E-state index is 5.99. The van der Waals surface area contributed by atoms with Crippen LogP contribution in [0.3, 0.4) is 0 Å². The number of nitrogens with zero attached hydrogens (tertiary/aromatic N) is 2. The summed E-state index contributed by atoms with van der Waals surface area (Å²) < 4.78 is 11.5. The van der Waals surface area contributed by atoms with Gasteiger partial charge in [0, 0.05) is 37.1 Å². The topological polar surface area (TPSA) is 60.2 Å². The standard InChI is InChI=1S/C21H19N3O2/c1-25-20-10-16(14-23-13-15-5-4-7-22-12-15)9-17-11-19(26-21(17)20)18-6-2-3-8-24-18/h2-12,23H,13-14H2,1H3. The van der Waals surface area contributed by atoms with E-state index in [4.69, 9.17) is 9.15 Å². The average molecular weight is 345 g/mol. The van der Waals surface area contributed by atoms with E-state index in [-0.39, 0.29) is 0 Å². The van der Waals surface area contributed by atoms with Crippen LogP contribution in [0.1, 0.15) is 11.1 Å². The molecular formula is C21H19N3O2. The van der Waals surface area contributed by atoms with Crippen molar-refractivity contribution >= 4 is 11.0 Å². The number of fused-ring (bicyclic) bond motifs is 1. The minimum atomic E-state index is 0.725. The highest BCUT2D eigenvalue weighted by Gasteiger charge is 2.13. The Morgan fingerprint density at radius 1 is 1.00 bits per heavy atom. The summed E-state index contributed by atoms with van der Waals surface area (Å²) in [6.45, 7) is 1.49. The van der Waals surface area contributed by atoms with Gasteiger partial charge in [-0.15, -0.1) is 0 Å². The number of hydrogen-bond acceptors (Lipinski definition) is 5. The van der Waals surface area contributed by atoms with Gasteiger partial charge in [-0.05, 0) is 47.5 Å². The number of furan rings is 1. The second-order valence-corrected chi connectivity index (χ2v) is 6.01. The summed E-state index contributed by atoms with van der Waals surface area (Å²) >= 11 is 0. The van der Waals surface area contributed by atoms with Crippen molar-refractivity contribution < 1.29 is 9.15 Å². The lowest BCUT2D eigenvalue weighted by Gasteiger charge is -2.07. The Kier molecular flexibility index (Phi) is 4.62. The van der Waals surface area contributed by atoms with Gasteiger partial charge in [-0.25, -0.2) is 0 Å². The summed E-state index contributed by atoms with van der Waals surface area (Å²) in [4.78, 5) is 8.48. The molecule has 0 radical (unpaired) electrons. The average Bonchev–Trinajstić information content (AvgIpc) is 3.13. The molecule has 4 aromatic rings. The van der Waals surface area contributed by atoms with E-state index in [1.54, 1.807) is 19.5 Å². The Morgan fingerprint density at radius 3 is 2.69 bits per heavy atom. The Labute approximate surface area is 151 Å². The lowest BCUT2D eigenvalue weighted by Crippen LogP contribution is -2.12. The molecule has 130 valence electrons. The van der Waals surface area contributed by atoms with Gasteiger partial charge < -0.3 is 14.5 Å². The Balaban J connectivity index is 1.58. The van der Waals surface area contributed by atoms with Crippen LogP contribution in [0, 0.1) is 0 Å². The summed E-state index contributed by atoms with van der Waals surface area (Å²) in [5.41, 5.74) is 3.83. The van der Waals surface area contributed by atoms with Crippen LogP contribution in [0.5, 0.6) is 5.75 Å². The SMILES string of the molecule is COc1cc(CNCc2cccnc2)cc2cc(-c3ccccn3)oc12. The normalized spacial score (nSPS) is 11.0. The van der Waals surface area contributed by atoms with Crippen LogP contribution in [0.2, 0.25) is 0 Å². The highest BCUT2D eigenvalue weighted by Crippen LogP contribution is 2.34. The molecule has 3 aromatic heterocycles. The number of ether oxygens (including phenoxy) is 1. The number of nitrogens with one attached hydrogen (secondary N) is 1.